The number of halogens is 1. The largest absolute Gasteiger partial charge is 0.486 e. The van der Waals surface area contributed by atoms with Crippen LogP contribution >= 0.6 is 15.9 Å². The SMILES string of the molecule is CCC(C)NC(=O)C(Cc1ccccc1)N(Cc1ccc(Br)cc1)C(=O)CN(c1ccc2c(c1)OCCO2)S(=O)(=O)c1ccccc1. The summed E-state index contributed by atoms with van der Waals surface area (Å²) in [5, 5.41) is 3.05. The van der Waals surface area contributed by atoms with Gasteiger partial charge in [0.05, 0.1) is 10.6 Å². The number of sulfonamides is 1. The lowest BCUT2D eigenvalue weighted by molar-refractivity contribution is -0.140. The molecule has 1 N–H and O–H groups in total. The van der Waals surface area contributed by atoms with E-state index in [2.05, 4.69) is 21.2 Å². The third-order valence-corrected chi connectivity index (χ3v) is 10.3. The fraction of sp³-hybridized carbons (Fsp3) is 0.278. The number of anilines is 1. The van der Waals surface area contributed by atoms with E-state index in [1.165, 1.54) is 17.0 Å². The first-order valence-corrected chi connectivity index (χ1v) is 17.7. The van der Waals surface area contributed by atoms with Crippen molar-refractivity contribution in [2.24, 2.45) is 0 Å². The van der Waals surface area contributed by atoms with Crippen molar-refractivity contribution < 1.29 is 27.5 Å². The molecular formula is C36H38BrN3O6S. The minimum Gasteiger partial charge on any atom is -0.486 e. The molecule has 0 radical (unpaired) electrons. The first-order valence-electron chi connectivity index (χ1n) is 15.5. The fourth-order valence-corrected chi connectivity index (χ4v) is 6.91. The first-order chi connectivity index (χ1) is 22.7. The molecule has 2 amide bonds. The number of nitrogens with one attached hydrogen (secondary N) is 1. The van der Waals surface area contributed by atoms with Crippen molar-refractivity contribution in [2.75, 3.05) is 24.1 Å². The number of fused-ring (bicyclic) bond motifs is 1. The average Bonchev–Trinajstić information content (AvgIpc) is 3.09. The lowest BCUT2D eigenvalue weighted by Gasteiger charge is -2.34. The smallest absolute Gasteiger partial charge is 0.264 e. The van der Waals surface area contributed by atoms with Crippen LogP contribution < -0.4 is 19.1 Å². The molecule has 0 fully saturated rings. The predicted molar refractivity (Wildman–Crippen MR) is 185 cm³/mol. The number of rotatable bonds is 13. The number of hydrogen-bond acceptors (Lipinski definition) is 6. The summed E-state index contributed by atoms with van der Waals surface area (Å²) in [6.07, 6.45) is 0.943. The number of hydrogen-bond donors (Lipinski definition) is 1. The van der Waals surface area contributed by atoms with E-state index in [1.807, 2.05) is 68.4 Å². The Morgan fingerprint density at radius 1 is 0.851 bits per heavy atom. The molecular weight excluding hydrogens is 682 g/mol. The second kappa shape index (κ2) is 15.5. The number of carbonyl (C=O) groups excluding carboxylic acids is 2. The quantitative estimate of drug-likeness (QED) is 0.183. The van der Waals surface area contributed by atoms with Gasteiger partial charge in [-0.2, -0.15) is 0 Å². The summed E-state index contributed by atoms with van der Waals surface area (Å²) in [7, 11) is -4.23. The van der Waals surface area contributed by atoms with Crippen molar-refractivity contribution in [2.45, 2.75) is 50.2 Å². The molecule has 1 heterocycles. The number of carbonyl (C=O) groups is 2. The van der Waals surface area contributed by atoms with Crippen LogP contribution in [0, 0.1) is 0 Å². The van der Waals surface area contributed by atoms with Crippen LogP contribution in [-0.2, 0) is 32.6 Å². The molecule has 0 aliphatic carbocycles. The molecule has 1 aliphatic rings. The third-order valence-electron chi connectivity index (χ3n) is 7.96. The Kier molecular flexibility index (Phi) is 11.2. The molecule has 5 rings (SSSR count). The highest BCUT2D eigenvalue weighted by atomic mass is 79.9. The molecule has 2 atom stereocenters. The Morgan fingerprint density at radius 2 is 1.49 bits per heavy atom. The van der Waals surface area contributed by atoms with E-state index in [-0.39, 0.29) is 35.5 Å². The van der Waals surface area contributed by atoms with Gasteiger partial charge in [0.15, 0.2) is 11.5 Å². The average molecular weight is 721 g/mol. The van der Waals surface area contributed by atoms with Crippen molar-refractivity contribution in [3.05, 3.63) is 119 Å². The van der Waals surface area contributed by atoms with E-state index in [0.29, 0.717) is 31.1 Å². The van der Waals surface area contributed by atoms with Crippen molar-refractivity contribution in [3.63, 3.8) is 0 Å². The van der Waals surface area contributed by atoms with Gasteiger partial charge in [-0.15, -0.1) is 0 Å². The maximum Gasteiger partial charge on any atom is 0.264 e. The summed E-state index contributed by atoms with van der Waals surface area (Å²) in [4.78, 5) is 30.1. The summed E-state index contributed by atoms with van der Waals surface area (Å²) >= 11 is 3.46. The highest BCUT2D eigenvalue weighted by molar-refractivity contribution is 9.10. The van der Waals surface area contributed by atoms with E-state index in [0.717, 1.165) is 19.9 Å². The van der Waals surface area contributed by atoms with Crippen molar-refractivity contribution in [3.8, 4) is 11.5 Å². The Hall–Kier alpha value is -4.35. The van der Waals surface area contributed by atoms with Gasteiger partial charge in [0.2, 0.25) is 11.8 Å². The van der Waals surface area contributed by atoms with Crippen molar-refractivity contribution >= 4 is 43.5 Å². The Balaban J connectivity index is 1.58. The minimum atomic E-state index is -4.23. The molecule has 246 valence electrons. The van der Waals surface area contributed by atoms with E-state index >= 15 is 0 Å². The van der Waals surface area contributed by atoms with Crippen LogP contribution in [0.1, 0.15) is 31.4 Å². The minimum absolute atomic E-state index is 0.0255. The molecule has 0 saturated carbocycles. The van der Waals surface area contributed by atoms with Gasteiger partial charge < -0.3 is 19.7 Å². The van der Waals surface area contributed by atoms with Gasteiger partial charge in [-0.3, -0.25) is 13.9 Å². The Bertz CT molecular complexity index is 1770. The highest BCUT2D eigenvalue weighted by Gasteiger charge is 2.35. The summed E-state index contributed by atoms with van der Waals surface area (Å²) in [6, 6.07) is 28.7. The van der Waals surface area contributed by atoms with Crippen molar-refractivity contribution in [1.29, 1.82) is 0 Å². The molecule has 1 aliphatic heterocycles. The van der Waals surface area contributed by atoms with E-state index in [4.69, 9.17) is 9.47 Å². The lowest BCUT2D eigenvalue weighted by Crippen LogP contribution is -2.54. The zero-order valence-electron chi connectivity index (χ0n) is 26.3. The maximum absolute atomic E-state index is 14.6. The van der Waals surface area contributed by atoms with Gasteiger partial charge in [-0.1, -0.05) is 83.5 Å². The van der Waals surface area contributed by atoms with Gasteiger partial charge in [0.1, 0.15) is 25.8 Å². The zero-order valence-corrected chi connectivity index (χ0v) is 28.7. The highest BCUT2D eigenvalue weighted by Crippen LogP contribution is 2.36. The molecule has 47 heavy (non-hydrogen) atoms. The van der Waals surface area contributed by atoms with Crippen LogP contribution in [0.3, 0.4) is 0 Å². The Labute approximate surface area is 284 Å². The molecule has 0 spiro atoms. The van der Waals surface area contributed by atoms with E-state index < -0.39 is 28.5 Å². The van der Waals surface area contributed by atoms with Crippen LogP contribution in [0.15, 0.2) is 112 Å². The van der Waals surface area contributed by atoms with Crippen LogP contribution in [0.25, 0.3) is 0 Å². The van der Waals surface area contributed by atoms with Crippen LogP contribution in [0.5, 0.6) is 11.5 Å². The lowest BCUT2D eigenvalue weighted by atomic mass is 10.0. The number of nitrogens with zero attached hydrogens (tertiary/aromatic N) is 2. The summed E-state index contributed by atoms with van der Waals surface area (Å²) in [5.74, 6) is 0.0222. The number of amides is 2. The monoisotopic (exact) mass is 719 g/mol. The molecule has 2 unspecified atom stereocenters. The first kappa shape index (κ1) is 34.0. The third kappa shape index (κ3) is 8.52. The topological polar surface area (TPSA) is 105 Å². The Morgan fingerprint density at radius 3 is 2.15 bits per heavy atom. The van der Waals surface area contributed by atoms with E-state index in [1.54, 1.807) is 36.4 Å². The number of ether oxygens (including phenoxy) is 2. The maximum atomic E-state index is 14.6. The number of benzene rings is 4. The van der Waals surface area contributed by atoms with Gasteiger partial charge in [-0.25, -0.2) is 8.42 Å². The molecule has 11 heteroatoms. The normalized spacial score (nSPS) is 13.7. The van der Waals surface area contributed by atoms with Crippen LogP contribution in [0.4, 0.5) is 5.69 Å². The predicted octanol–water partition coefficient (Wildman–Crippen LogP) is 5.97. The van der Waals surface area contributed by atoms with Crippen LogP contribution in [-0.4, -0.2) is 57.0 Å². The summed E-state index contributed by atoms with van der Waals surface area (Å²) in [5.41, 5.74) is 1.89. The van der Waals surface area contributed by atoms with Crippen LogP contribution in [0.2, 0.25) is 0 Å². The molecule has 4 aromatic rings. The van der Waals surface area contributed by atoms with Crippen molar-refractivity contribution in [1.82, 2.24) is 10.2 Å². The molecule has 0 saturated heterocycles. The summed E-state index contributed by atoms with van der Waals surface area (Å²) < 4.78 is 41.8. The van der Waals surface area contributed by atoms with E-state index in [9.17, 15) is 18.0 Å². The zero-order chi connectivity index (χ0) is 33.4. The fourth-order valence-electron chi connectivity index (χ4n) is 5.22. The summed E-state index contributed by atoms with van der Waals surface area (Å²) in [6.45, 7) is 4.10. The molecule has 0 bridgehead atoms. The van der Waals surface area contributed by atoms with Gasteiger partial charge in [0, 0.05) is 29.5 Å². The second-order valence-corrected chi connectivity index (χ2v) is 14.1. The van der Waals surface area contributed by atoms with Gasteiger partial charge >= 0.3 is 0 Å². The molecule has 4 aromatic carbocycles. The molecule has 0 aromatic heterocycles. The second-order valence-electron chi connectivity index (χ2n) is 11.3. The molecule has 9 nitrogen and oxygen atoms in total. The van der Waals surface area contributed by atoms with Gasteiger partial charge in [-0.05, 0) is 60.9 Å². The standard InChI is InChI=1S/C36H38BrN3O6S/c1-3-26(2)38-36(42)32(22-27-10-6-4-7-11-27)39(24-28-14-16-29(37)17-15-28)35(41)25-40(47(43,44)31-12-8-5-9-13-31)30-18-19-33-34(23-30)46-21-20-45-33/h4-19,23,26,32H,3,20-22,24-25H2,1-2H3,(H,38,42). The van der Waals surface area contributed by atoms with Gasteiger partial charge in [0.25, 0.3) is 10.0 Å².